The first-order valence-electron chi connectivity index (χ1n) is 19.3. The highest BCUT2D eigenvalue weighted by atomic mass is 32.1. The Bertz CT molecular complexity index is 3040. The number of aromatic nitrogens is 5. The van der Waals surface area contributed by atoms with Gasteiger partial charge in [-0.2, -0.15) is 0 Å². The minimum atomic E-state index is -0.0195. The zero-order valence-electron chi connectivity index (χ0n) is 31.4. The van der Waals surface area contributed by atoms with E-state index < -0.39 is 0 Å². The smallest absolute Gasteiger partial charge is 0.164 e. The molecule has 0 spiro atoms. The molecule has 0 bridgehead atoms. The van der Waals surface area contributed by atoms with E-state index >= 15 is 0 Å². The summed E-state index contributed by atoms with van der Waals surface area (Å²) in [6.07, 6.45) is 5.87. The number of hydrogen-bond donors (Lipinski definition) is 0. The summed E-state index contributed by atoms with van der Waals surface area (Å²) in [6.45, 7) is 7.14. The van der Waals surface area contributed by atoms with E-state index in [4.69, 9.17) is 19.9 Å². The molecule has 6 heteroatoms. The maximum Gasteiger partial charge on any atom is 0.164 e. The molecule has 3 aromatic heterocycles. The van der Waals surface area contributed by atoms with Gasteiger partial charge >= 0.3 is 0 Å². The second kappa shape index (κ2) is 12.5. The molecule has 3 heterocycles. The van der Waals surface area contributed by atoms with Crippen LogP contribution in [0.5, 0.6) is 0 Å². The van der Waals surface area contributed by atoms with Crippen LogP contribution in [0.15, 0.2) is 157 Å². The van der Waals surface area contributed by atoms with Gasteiger partial charge in [0.25, 0.3) is 0 Å². The van der Waals surface area contributed by atoms with Crippen molar-refractivity contribution >= 4 is 48.9 Å². The molecule has 11 rings (SSSR count). The molecule has 1 unspecified atom stereocenters. The Hall–Kier alpha value is -6.50. The quantitative estimate of drug-likeness (QED) is 0.176. The molecule has 0 saturated carbocycles. The molecule has 0 aliphatic heterocycles. The van der Waals surface area contributed by atoms with E-state index in [1.807, 2.05) is 60.7 Å². The highest BCUT2D eigenvalue weighted by molar-refractivity contribution is 7.21. The average molecular weight is 740 g/mol. The zero-order valence-corrected chi connectivity index (χ0v) is 32.2. The lowest BCUT2D eigenvalue weighted by Gasteiger charge is -2.27. The van der Waals surface area contributed by atoms with Crippen molar-refractivity contribution in [3.8, 4) is 50.4 Å². The summed E-state index contributed by atoms with van der Waals surface area (Å²) in [6, 6.07) is 49.1. The number of rotatable bonds is 5. The van der Waals surface area contributed by atoms with Crippen molar-refractivity contribution in [3.63, 3.8) is 0 Å². The van der Waals surface area contributed by atoms with Crippen LogP contribution in [0, 0.1) is 5.92 Å². The third-order valence-electron chi connectivity index (χ3n) is 11.7. The van der Waals surface area contributed by atoms with Crippen LogP contribution in [0.25, 0.3) is 88.0 Å². The molecule has 1 atom stereocenters. The number of fused-ring (bicyclic) bond motifs is 6. The second-order valence-corrected chi connectivity index (χ2v) is 16.6. The molecule has 268 valence electrons. The topological polar surface area (TPSA) is 56.5 Å². The molecule has 2 aliphatic rings. The summed E-state index contributed by atoms with van der Waals surface area (Å²) in [5.41, 5.74) is 14.2. The van der Waals surface area contributed by atoms with Crippen LogP contribution in [-0.4, -0.2) is 24.5 Å². The number of benzene rings is 6. The van der Waals surface area contributed by atoms with Crippen molar-refractivity contribution in [2.24, 2.45) is 5.92 Å². The Labute approximate surface area is 329 Å². The molecule has 9 aromatic rings. The van der Waals surface area contributed by atoms with E-state index in [0.29, 0.717) is 23.4 Å². The fourth-order valence-corrected chi connectivity index (χ4v) is 9.81. The van der Waals surface area contributed by atoms with Gasteiger partial charge in [-0.15, -0.1) is 11.3 Å². The minimum Gasteiger partial charge on any atom is -0.309 e. The van der Waals surface area contributed by atoms with Crippen molar-refractivity contribution in [3.05, 3.63) is 168 Å². The average Bonchev–Trinajstić information content (AvgIpc) is 3.88. The van der Waals surface area contributed by atoms with Crippen LogP contribution in [0.3, 0.4) is 0 Å². The maximum atomic E-state index is 5.15. The summed E-state index contributed by atoms with van der Waals surface area (Å²) in [5.74, 6) is 2.50. The molecular weight excluding hydrogens is 703 g/mol. The molecule has 0 saturated heterocycles. The molecular formula is C50H37N5S. The third-order valence-corrected chi connectivity index (χ3v) is 12.7. The highest BCUT2D eigenvalue weighted by Gasteiger charge is 2.39. The van der Waals surface area contributed by atoms with E-state index in [-0.39, 0.29) is 5.41 Å². The summed E-state index contributed by atoms with van der Waals surface area (Å²) in [5, 5.41) is 3.54. The fraction of sp³-hybridized carbons (Fsp3) is 0.120. The van der Waals surface area contributed by atoms with Gasteiger partial charge in [-0.3, -0.25) is 0 Å². The van der Waals surface area contributed by atoms with Crippen molar-refractivity contribution in [2.75, 3.05) is 0 Å². The summed E-state index contributed by atoms with van der Waals surface area (Å²) < 4.78 is 3.53. The first kappa shape index (κ1) is 32.9. The van der Waals surface area contributed by atoms with Gasteiger partial charge < -0.3 is 4.57 Å². The van der Waals surface area contributed by atoms with Gasteiger partial charge in [0.2, 0.25) is 0 Å². The molecule has 0 fully saturated rings. The van der Waals surface area contributed by atoms with Gasteiger partial charge in [0, 0.05) is 44.1 Å². The normalized spacial score (nSPS) is 15.9. The van der Waals surface area contributed by atoms with E-state index in [1.54, 1.807) is 16.9 Å². The Morgan fingerprint density at radius 1 is 0.607 bits per heavy atom. The Morgan fingerprint density at radius 2 is 1.29 bits per heavy atom. The SMILES string of the molecule is CC1C=CC2=C(C1)C(C)(C)c1cc3c(cc12)c1ccccc1n3-c1cccc(-c2nc3ccc(-c4nc(-c5ccccc5)nc(-c5ccccc5)n4)cc3s2)c1. The molecule has 0 N–H and O–H groups in total. The molecule has 56 heavy (non-hydrogen) atoms. The molecule has 6 aromatic carbocycles. The van der Waals surface area contributed by atoms with Crippen molar-refractivity contribution in [2.45, 2.75) is 32.6 Å². The van der Waals surface area contributed by atoms with Crippen LogP contribution in [0.2, 0.25) is 0 Å². The molecule has 5 nitrogen and oxygen atoms in total. The summed E-state index contributed by atoms with van der Waals surface area (Å²) in [7, 11) is 0. The maximum absolute atomic E-state index is 5.15. The van der Waals surface area contributed by atoms with Gasteiger partial charge in [-0.05, 0) is 77.6 Å². The molecule has 0 radical (unpaired) electrons. The number of nitrogens with zero attached hydrogens (tertiary/aromatic N) is 5. The number of hydrogen-bond acceptors (Lipinski definition) is 5. The highest BCUT2D eigenvalue weighted by Crippen LogP contribution is 2.52. The Morgan fingerprint density at radius 3 is 2.04 bits per heavy atom. The van der Waals surface area contributed by atoms with Gasteiger partial charge in [0.15, 0.2) is 17.5 Å². The first-order chi connectivity index (χ1) is 27.4. The van der Waals surface area contributed by atoms with Crippen molar-refractivity contribution in [1.29, 1.82) is 0 Å². The Balaban J connectivity index is 1.01. The van der Waals surface area contributed by atoms with Gasteiger partial charge in [-0.25, -0.2) is 19.9 Å². The predicted octanol–water partition coefficient (Wildman–Crippen LogP) is 12.9. The van der Waals surface area contributed by atoms with E-state index in [0.717, 1.165) is 49.6 Å². The number of thiazole rings is 1. The lowest BCUT2D eigenvalue weighted by molar-refractivity contribution is 0.566. The zero-order chi connectivity index (χ0) is 37.5. The standard InChI is InChI=1S/C50H37N5S/c1-30-21-23-36-38-28-39-37-19-10-11-20-43(37)55(44(39)29-41(38)50(2,3)40(36)25-30)35-18-12-17-34(26-35)49-51-42-24-22-33(27-45(42)56-49)48-53-46(31-13-6-4-7-14-31)52-47(54-48)32-15-8-5-9-16-32/h4-24,26-30H,25H2,1-3H3. The van der Waals surface area contributed by atoms with Crippen LogP contribution < -0.4 is 0 Å². The van der Waals surface area contributed by atoms with E-state index in [1.165, 1.54) is 38.5 Å². The largest absolute Gasteiger partial charge is 0.309 e. The lowest BCUT2D eigenvalue weighted by atomic mass is 9.76. The van der Waals surface area contributed by atoms with Gasteiger partial charge in [0.1, 0.15) is 5.01 Å². The summed E-state index contributed by atoms with van der Waals surface area (Å²) >= 11 is 1.70. The van der Waals surface area contributed by atoms with Crippen LogP contribution in [-0.2, 0) is 5.41 Å². The number of para-hydroxylation sites is 1. The van der Waals surface area contributed by atoms with Gasteiger partial charge in [-0.1, -0.05) is 129 Å². The van der Waals surface area contributed by atoms with Crippen molar-refractivity contribution in [1.82, 2.24) is 24.5 Å². The fourth-order valence-electron chi connectivity index (χ4n) is 8.80. The van der Waals surface area contributed by atoms with Crippen LogP contribution >= 0.6 is 11.3 Å². The van der Waals surface area contributed by atoms with Crippen LogP contribution in [0.4, 0.5) is 0 Å². The van der Waals surface area contributed by atoms with Crippen LogP contribution in [0.1, 0.15) is 38.3 Å². The monoisotopic (exact) mass is 739 g/mol. The lowest BCUT2D eigenvalue weighted by Crippen LogP contribution is -2.19. The minimum absolute atomic E-state index is 0.0195. The summed E-state index contributed by atoms with van der Waals surface area (Å²) in [4.78, 5) is 20.0. The van der Waals surface area contributed by atoms with Gasteiger partial charge in [0.05, 0.1) is 21.3 Å². The third kappa shape index (κ3) is 5.20. The predicted molar refractivity (Wildman–Crippen MR) is 232 cm³/mol. The number of allylic oxidation sites excluding steroid dienone is 4. The van der Waals surface area contributed by atoms with E-state index in [9.17, 15) is 0 Å². The molecule has 2 aliphatic carbocycles. The molecule has 0 amide bonds. The van der Waals surface area contributed by atoms with Crippen molar-refractivity contribution < 1.29 is 0 Å². The second-order valence-electron chi connectivity index (χ2n) is 15.6. The Kier molecular flexibility index (Phi) is 7.35. The first-order valence-corrected chi connectivity index (χ1v) is 20.1. The van der Waals surface area contributed by atoms with E-state index in [2.05, 4.69) is 116 Å².